The minimum Gasteiger partial charge on any atom is -0.508 e. The monoisotopic (exact) mass is 254 g/mol. The summed E-state index contributed by atoms with van der Waals surface area (Å²) in [6.07, 6.45) is 2.21. The fraction of sp³-hybridized carbons (Fsp3) is 0.250. The van der Waals surface area contributed by atoms with Gasteiger partial charge in [0.2, 0.25) is 0 Å². The van der Waals surface area contributed by atoms with Crippen molar-refractivity contribution in [3.8, 4) is 5.75 Å². The van der Waals surface area contributed by atoms with Crippen LogP contribution < -0.4 is 11.1 Å². The number of phenolic OH excluding ortho intramolecular Hbond substituents is 1. The van der Waals surface area contributed by atoms with Crippen LogP contribution in [0, 0.1) is 0 Å². The van der Waals surface area contributed by atoms with Crippen LogP contribution in [0.3, 0.4) is 0 Å². The fourth-order valence-corrected chi connectivity index (χ4v) is 2.70. The molecule has 1 aliphatic carbocycles. The third-order valence-corrected chi connectivity index (χ3v) is 3.73. The maximum absolute atomic E-state index is 9.26. The summed E-state index contributed by atoms with van der Waals surface area (Å²) in [6.45, 7) is 0.814. The van der Waals surface area contributed by atoms with Gasteiger partial charge in [-0.2, -0.15) is 0 Å². The molecule has 0 saturated heterocycles. The Morgan fingerprint density at radius 3 is 2.74 bits per heavy atom. The topological polar surface area (TPSA) is 58.3 Å². The summed E-state index contributed by atoms with van der Waals surface area (Å²) in [7, 11) is 0. The molecule has 1 atom stereocenters. The first-order valence-electron chi connectivity index (χ1n) is 6.62. The lowest BCUT2D eigenvalue weighted by atomic mass is 10.1. The second-order valence-electron chi connectivity index (χ2n) is 5.10. The van der Waals surface area contributed by atoms with E-state index >= 15 is 0 Å². The van der Waals surface area contributed by atoms with E-state index in [-0.39, 0.29) is 0 Å². The molecule has 2 aromatic rings. The van der Waals surface area contributed by atoms with Crippen LogP contribution in [-0.4, -0.2) is 5.11 Å². The third-order valence-electron chi connectivity index (χ3n) is 3.73. The molecular formula is C16H18N2O. The summed E-state index contributed by atoms with van der Waals surface area (Å²) >= 11 is 0. The number of phenols is 1. The van der Waals surface area contributed by atoms with Crippen molar-refractivity contribution < 1.29 is 5.11 Å². The summed E-state index contributed by atoms with van der Waals surface area (Å²) in [5.74, 6) is 0.311. The van der Waals surface area contributed by atoms with E-state index in [9.17, 15) is 5.11 Å². The molecule has 0 radical (unpaired) electrons. The van der Waals surface area contributed by atoms with Crippen LogP contribution >= 0.6 is 0 Å². The molecule has 0 spiro atoms. The number of nitrogens with two attached hydrogens (primary N) is 1. The Kier molecular flexibility index (Phi) is 3.13. The Labute approximate surface area is 113 Å². The normalized spacial score (nSPS) is 17.4. The van der Waals surface area contributed by atoms with Gasteiger partial charge in [0.15, 0.2) is 0 Å². The Morgan fingerprint density at radius 1 is 1.16 bits per heavy atom. The van der Waals surface area contributed by atoms with Gasteiger partial charge in [-0.25, -0.2) is 0 Å². The SMILES string of the molecule is Nc1ccc2c(c1)CCC2NCc1ccc(O)cc1. The molecule has 0 fully saturated rings. The van der Waals surface area contributed by atoms with E-state index in [4.69, 9.17) is 5.73 Å². The van der Waals surface area contributed by atoms with Gasteiger partial charge in [-0.15, -0.1) is 0 Å². The number of nitrogen functional groups attached to an aromatic ring is 1. The van der Waals surface area contributed by atoms with Crippen molar-refractivity contribution >= 4 is 5.69 Å². The number of aryl methyl sites for hydroxylation is 1. The molecular weight excluding hydrogens is 236 g/mol. The number of hydrogen-bond acceptors (Lipinski definition) is 3. The molecule has 3 nitrogen and oxygen atoms in total. The van der Waals surface area contributed by atoms with Crippen LogP contribution in [0.4, 0.5) is 5.69 Å². The highest BCUT2D eigenvalue weighted by molar-refractivity contribution is 5.47. The van der Waals surface area contributed by atoms with Gasteiger partial charge in [0.1, 0.15) is 5.75 Å². The summed E-state index contributed by atoms with van der Waals surface area (Å²) in [6, 6.07) is 13.9. The van der Waals surface area contributed by atoms with Crippen molar-refractivity contribution in [2.75, 3.05) is 5.73 Å². The quantitative estimate of drug-likeness (QED) is 0.738. The molecule has 0 aromatic heterocycles. The zero-order chi connectivity index (χ0) is 13.2. The smallest absolute Gasteiger partial charge is 0.115 e. The van der Waals surface area contributed by atoms with Crippen molar-refractivity contribution in [2.45, 2.75) is 25.4 Å². The molecule has 2 aromatic carbocycles. The first-order chi connectivity index (χ1) is 9.22. The molecule has 4 N–H and O–H groups in total. The van der Waals surface area contributed by atoms with E-state index < -0.39 is 0 Å². The van der Waals surface area contributed by atoms with Crippen molar-refractivity contribution in [3.05, 3.63) is 59.2 Å². The van der Waals surface area contributed by atoms with Crippen LogP contribution in [0.1, 0.15) is 29.2 Å². The largest absolute Gasteiger partial charge is 0.508 e. The first-order valence-corrected chi connectivity index (χ1v) is 6.62. The van der Waals surface area contributed by atoms with Gasteiger partial charge < -0.3 is 16.2 Å². The Bertz CT molecular complexity index is 578. The molecule has 19 heavy (non-hydrogen) atoms. The maximum Gasteiger partial charge on any atom is 0.115 e. The van der Waals surface area contributed by atoms with E-state index in [1.807, 2.05) is 18.2 Å². The molecule has 0 saturated carbocycles. The summed E-state index contributed by atoms with van der Waals surface area (Å²) < 4.78 is 0. The van der Waals surface area contributed by atoms with Crippen LogP contribution in [0.2, 0.25) is 0 Å². The number of rotatable bonds is 3. The van der Waals surface area contributed by atoms with E-state index in [2.05, 4.69) is 17.4 Å². The molecule has 0 amide bonds. The van der Waals surface area contributed by atoms with Gasteiger partial charge in [-0.1, -0.05) is 18.2 Å². The third kappa shape index (κ3) is 2.56. The van der Waals surface area contributed by atoms with Crippen molar-refractivity contribution in [1.82, 2.24) is 5.32 Å². The average Bonchev–Trinajstić information content (AvgIpc) is 2.80. The predicted octanol–water partition coefficient (Wildman–Crippen LogP) is 2.75. The zero-order valence-corrected chi connectivity index (χ0v) is 10.8. The van der Waals surface area contributed by atoms with Crippen molar-refractivity contribution in [2.24, 2.45) is 0 Å². The molecule has 0 aliphatic heterocycles. The van der Waals surface area contributed by atoms with E-state index in [1.165, 1.54) is 16.7 Å². The van der Waals surface area contributed by atoms with Gasteiger partial charge in [-0.05, 0) is 53.8 Å². The highest BCUT2D eigenvalue weighted by Crippen LogP contribution is 2.32. The number of aromatic hydroxyl groups is 1. The van der Waals surface area contributed by atoms with E-state index in [0.29, 0.717) is 11.8 Å². The highest BCUT2D eigenvalue weighted by Gasteiger charge is 2.21. The van der Waals surface area contributed by atoms with Crippen LogP contribution in [0.5, 0.6) is 5.75 Å². The number of anilines is 1. The predicted molar refractivity (Wildman–Crippen MR) is 76.9 cm³/mol. The zero-order valence-electron chi connectivity index (χ0n) is 10.8. The highest BCUT2D eigenvalue weighted by atomic mass is 16.3. The molecule has 1 aliphatic rings. The molecule has 0 heterocycles. The minimum absolute atomic E-state index is 0.311. The molecule has 3 heteroatoms. The average molecular weight is 254 g/mol. The fourth-order valence-electron chi connectivity index (χ4n) is 2.70. The van der Waals surface area contributed by atoms with Crippen molar-refractivity contribution in [3.63, 3.8) is 0 Å². The van der Waals surface area contributed by atoms with E-state index in [1.54, 1.807) is 12.1 Å². The lowest BCUT2D eigenvalue weighted by Crippen LogP contribution is -2.18. The van der Waals surface area contributed by atoms with Crippen LogP contribution in [0.25, 0.3) is 0 Å². The van der Waals surface area contributed by atoms with Gasteiger partial charge in [0.25, 0.3) is 0 Å². The van der Waals surface area contributed by atoms with Gasteiger partial charge in [0.05, 0.1) is 0 Å². The second-order valence-corrected chi connectivity index (χ2v) is 5.10. The molecule has 98 valence electrons. The van der Waals surface area contributed by atoms with Crippen LogP contribution in [0.15, 0.2) is 42.5 Å². The maximum atomic E-state index is 9.26. The minimum atomic E-state index is 0.311. The lowest BCUT2D eigenvalue weighted by Gasteiger charge is -2.14. The Balaban J connectivity index is 1.68. The van der Waals surface area contributed by atoms with Gasteiger partial charge in [-0.3, -0.25) is 0 Å². The summed E-state index contributed by atoms with van der Waals surface area (Å²) in [5.41, 5.74) is 10.6. The Morgan fingerprint density at radius 2 is 1.95 bits per heavy atom. The first kappa shape index (κ1) is 12.1. The summed E-state index contributed by atoms with van der Waals surface area (Å²) in [5, 5.41) is 12.8. The number of fused-ring (bicyclic) bond motifs is 1. The Hall–Kier alpha value is -2.00. The lowest BCUT2D eigenvalue weighted by molar-refractivity contribution is 0.474. The van der Waals surface area contributed by atoms with Crippen molar-refractivity contribution in [1.29, 1.82) is 0 Å². The molecule has 3 rings (SSSR count). The number of nitrogens with one attached hydrogen (secondary N) is 1. The molecule has 1 unspecified atom stereocenters. The summed E-state index contributed by atoms with van der Waals surface area (Å²) in [4.78, 5) is 0. The van der Waals surface area contributed by atoms with E-state index in [0.717, 1.165) is 25.1 Å². The standard InChI is InChI=1S/C16H18N2O/c17-13-4-7-15-12(9-13)3-8-16(15)18-10-11-1-5-14(19)6-2-11/h1-2,4-7,9,16,18-19H,3,8,10,17H2. The van der Waals surface area contributed by atoms with Gasteiger partial charge >= 0.3 is 0 Å². The molecule has 0 bridgehead atoms. The number of hydrogen-bond donors (Lipinski definition) is 3. The van der Waals surface area contributed by atoms with Gasteiger partial charge in [0, 0.05) is 18.3 Å². The van der Waals surface area contributed by atoms with Crippen LogP contribution in [-0.2, 0) is 13.0 Å². The second kappa shape index (κ2) is 4.94. The number of benzene rings is 2.